The summed E-state index contributed by atoms with van der Waals surface area (Å²) in [6, 6.07) is 70.9. The van der Waals surface area contributed by atoms with Crippen molar-refractivity contribution in [2.24, 2.45) is 0 Å². The van der Waals surface area contributed by atoms with Gasteiger partial charge in [-0.2, -0.15) is 0 Å². The molecular weight excluding hydrogens is 629 g/mol. The van der Waals surface area contributed by atoms with Crippen molar-refractivity contribution in [3.63, 3.8) is 0 Å². The first kappa shape index (κ1) is 28.9. The number of aromatic nitrogens is 2. The van der Waals surface area contributed by atoms with Gasteiger partial charge in [-0.25, -0.2) is 0 Å². The van der Waals surface area contributed by atoms with E-state index in [0.29, 0.717) is 0 Å². The average Bonchev–Trinajstić information content (AvgIpc) is 3.74. The van der Waals surface area contributed by atoms with Gasteiger partial charge in [-0.3, -0.25) is 0 Å². The molecule has 52 heavy (non-hydrogen) atoms. The van der Waals surface area contributed by atoms with E-state index in [9.17, 15) is 0 Å². The Balaban J connectivity index is 1.13. The van der Waals surface area contributed by atoms with E-state index in [1.54, 1.807) is 0 Å². The summed E-state index contributed by atoms with van der Waals surface area (Å²) in [5.41, 5.74) is 12.1. The van der Waals surface area contributed by atoms with Crippen molar-refractivity contribution in [3.05, 3.63) is 194 Å². The van der Waals surface area contributed by atoms with Crippen molar-refractivity contribution >= 4 is 65.2 Å². The van der Waals surface area contributed by atoms with Gasteiger partial charge in [0.05, 0.1) is 22.1 Å². The maximum absolute atomic E-state index is 2.47. The number of rotatable bonds is 4. The lowest BCUT2D eigenvalue weighted by Gasteiger charge is -2.13. The molecule has 0 N–H and O–H groups in total. The van der Waals surface area contributed by atoms with E-state index >= 15 is 0 Å². The number of hydrogen-bond acceptors (Lipinski definition) is 0. The van der Waals surface area contributed by atoms with Crippen molar-refractivity contribution < 1.29 is 0 Å². The monoisotopic (exact) mass is 660 g/mol. The van der Waals surface area contributed by atoms with Crippen molar-refractivity contribution in [1.29, 1.82) is 0 Å². The van der Waals surface area contributed by atoms with Gasteiger partial charge >= 0.3 is 0 Å². The molecule has 0 aliphatic carbocycles. The first-order valence-electron chi connectivity index (χ1n) is 17.9. The Labute approximate surface area is 301 Å². The maximum atomic E-state index is 2.47. The van der Waals surface area contributed by atoms with E-state index < -0.39 is 0 Å². The summed E-state index contributed by atoms with van der Waals surface area (Å²) in [6.45, 7) is 0. The van der Waals surface area contributed by atoms with E-state index in [2.05, 4.69) is 203 Å². The summed E-state index contributed by atoms with van der Waals surface area (Å²) in [5.74, 6) is 0. The number of benzene rings is 9. The largest absolute Gasteiger partial charge is 0.309 e. The van der Waals surface area contributed by atoms with Crippen LogP contribution in [0.5, 0.6) is 0 Å². The predicted molar refractivity (Wildman–Crippen MR) is 221 cm³/mol. The summed E-state index contributed by atoms with van der Waals surface area (Å²) >= 11 is 0. The van der Waals surface area contributed by atoms with Crippen LogP contribution in [0.4, 0.5) is 0 Å². The predicted octanol–water partition coefficient (Wildman–Crippen LogP) is 13.5. The molecule has 0 unspecified atom stereocenters. The molecule has 242 valence electrons. The van der Waals surface area contributed by atoms with Gasteiger partial charge in [0.1, 0.15) is 0 Å². The number of hydrogen-bond donors (Lipinski definition) is 0. The van der Waals surface area contributed by atoms with Gasteiger partial charge in [0, 0.05) is 32.9 Å². The fourth-order valence-corrected chi connectivity index (χ4v) is 8.58. The van der Waals surface area contributed by atoms with E-state index in [4.69, 9.17) is 0 Å². The van der Waals surface area contributed by atoms with Gasteiger partial charge in [-0.05, 0) is 98.4 Å². The fraction of sp³-hybridized carbons (Fsp3) is 0. The fourth-order valence-electron chi connectivity index (χ4n) is 8.58. The molecule has 0 spiro atoms. The Morgan fingerprint density at radius 1 is 0.269 bits per heavy atom. The van der Waals surface area contributed by atoms with Crippen LogP contribution in [0.15, 0.2) is 194 Å². The van der Waals surface area contributed by atoms with Gasteiger partial charge < -0.3 is 9.13 Å². The minimum atomic E-state index is 1.15. The van der Waals surface area contributed by atoms with Gasteiger partial charge in [0.2, 0.25) is 0 Å². The highest BCUT2D eigenvalue weighted by molar-refractivity contribution is 6.30. The van der Waals surface area contributed by atoms with Crippen molar-refractivity contribution in [3.8, 4) is 33.6 Å². The van der Waals surface area contributed by atoms with Crippen LogP contribution >= 0.6 is 0 Å². The van der Waals surface area contributed by atoms with Crippen LogP contribution in [0.1, 0.15) is 0 Å². The van der Waals surface area contributed by atoms with Crippen molar-refractivity contribution in [2.45, 2.75) is 0 Å². The maximum Gasteiger partial charge on any atom is 0.0553 e. The van der Waals surface area contributed by atoms with Crippen LogP contribution in [0.2, 0.25) is 0 Å². The number of para-hydroxylation sites is 2. The zero-order chi connectivity index (χ0) is 34.2. The molecule has 0 fully saturated rings. The molecule has 0 saturated heterocycles. The van der Waals surface area contributed by atoms with Gasteiger partial charge in [-0.1, -0.05) is 140 Å². The third-order valence-electron chi connectivity index (χ3n) is 10.9. The quantitative estimate of drug-likeness (QED) is 0.178. The molecule has 0 aliphatic rings. The SMILES string of the molecule is c1ccc(-c2cc3c(c4ccccc24)c2c4ccccc4ccc2n3-c2ccc(-c3ccc4c(c3)c3ccccc3n4-c3ccccc3)cc2)cc1. The van der Waals surface area contributed by atoms with E-state index in [1.165, 1.54) is 93.1 Å². The summed E-state index contributed by atoms with van der Waals surface area (Å²) in [6.07, 6.45) is 0. The summed E-state index contributed by atoms with van der Waals surface area (Å²) in [4.78, 5) is 0. The zero-order valence-electron chi connectivity index (χ0n) is 28.4. The molecule has 9 aromatic carbocycles. The Morgan fingerprint density at radius 2 is 0.827 bits per heavy atom. The molecule has 2 heterocycles. The van der Waals surface area contributed by atoms with Crippen LogP contribution in [0.25, 0.3) is 98.8 Å². The van der Waals surface area contributed by atoms with Gasteiger partial charge in [0.25, 0.3) is 0 Å². The van der Waals surface area contributed by atoms with Crippen LogP contribution < -0.4 is 0 Å². The lowest BCUT2D eigenvalue weighted by Crippen LogP contribution is -1.95. The van der Waals surface area contributed by atoms with E-state index in [1.807, 2.05) is 0 Å². The van der Waals surface area contributed by atoms with Crippen molar-refractivity contribution in [2.75, 3.05) is 0 Å². The smallest absolute Gasteiger partial charge is 0.0553 e. The van der Waals surface area contributed by atoms with E-state index in [-0.39, 0.29) is 0 Å². The molecule has 0 amide bonds. The Kier molecular flexibility index (Phi) is 6.28. The highest BCUT2D eigenvalue weighted by Gasteiger charge is 2.20. The second kappa shape index (κ2) is 11.3. The lowest BCUT2D eigenvalue weighted by molar-refractivity contribution is 1.18. The van der Waals surface area contributed by atoms with Crippen LogP contribution in [-0.2, 0) is 0 Å². The minimum Gasteiger partial charge on any atom is -0.309 e. The van der Waals surface area contributed by atoms with Crippen LogP contribution in [-0.4, -0.2) is 9.13 Å². The summed E-state index contributed by atoms with van der Waals surface area (Å²) in [7, 11) is 0. The average molecular weight is 661 g/mol. The molecule has 0 atom stereocenters. The summed E-state index contributed by atoms with van der Waals surface area (Å²) < 4.78 is 4.84. The zero-order valence-corrected chi connectivity index (χ0v) is 28.4. The molecule has 11 aromatic rings. The first-order valence-corrected chi connectivity index (χ1v) is 17.9. The standard InChI is InChI=1S/C50H32N2/c1-3-13-34(14-4-1)43-32-48-50(42-21-10-9-19-40(42)43)49-39-18-8-7-15-35(39)25-30-47(49)52(48)38-27-23-33(24-28-38)36-26-29-46-44(31-36)41-20-11-12-22-45(41)51(46)37-16-5-2-6-17-37/h1-32H. The lowest BCUT2D eigenvalue weighted by atomic mass is 9.94. The Morgan fingerprint density at radius 3 is 1.63 bits per heavy atom. The highest BCUT2D eigenvalue weighted by atomic mass is 15.0. The molecule has 0 aliphatic heterocycles. The molecule has 2 heteroatoms. The molecule has 11 rings (SSSR count). The molecule has 2 nitrogen and oxygen atoms in total. The topological polar surface area (TPSA) is 9.86 Å². The van der Waals surface area contributed by atoms with Crippen LogP contribution in [0.3, 0.4) is 0 Å². The van der Waals surface area contributed by atoms with Gasteiger partial charge in [-0.15, -0.1) is 0 Å². The summed E-state index contributed by atoms with van der Waals surface area (Å²) in [5, 5.41) is 10.2. The number of nitrogens with zero attached hydrogens (tertiary/aromatic N) is 2. The Bertz CT molecular complexity index is 3150. The van der Waals surface area contributed by atoms with Gasteiger partial charge in [0.15, 0.2) is 0 Å². The Hall–Kier alpha value is -6.90. The van der Waals surface area contributed by atoms with Crippen LogP contribution in [0, 0.1) is 0 Å². The second-order valence-corrected chi connectivity index (χ2v) is 13.7. The molecule has 2 aromatic heterocycles. The molecule has 0 radical (unpaired) electrons. The molecule has 0 bridgehead atoms. The normalized spacial score (nSPS) is 11.8. The van der Waals surface area contributed by atoms with E-state index in [0.717, 1.165) is 5.69 Å². The third kappa shape index (κ3) is 4.25. The second-order valence-electron chi connectivity index (χ2n) is 13.7. The number of fused-ring (bicyclic) bond motifs is 10. The molecule has 0 saturated carbocycles. The minimum absolute atomic E-state index is 1.15. The van der Waals surface area contributed by atoms with Crippen molar-refractivity contribution in [1.82, 2.24) is 9.13 Å². The first-order chi connectivity index (χ1) is 25.8. The molecular formula is C50H32N2. The third-order valence-corrected chi connectivity index (χ3v) is 10.9. The highest BCUT2D eigenvalue weighted by Crippen LogP contribution is 2.44.